The molecule has 14 heavy (non-hydrogen) atoms. The van der Waals surface area contributed by atoms with E-state index in [2.05, 4.69) is 0 Å². The maximum atomic E-state index is 11.7. The SMILES string of the molecule is CCC1=C(CC)C(=O)C(CC(=O)O)C1. The first kappa shape index (κ1) is 11.0. The Hall–Kier alpha value is -1.12. The molecule has 0 aromatic carbocycles. The summed E-state index contributed by atoms with van der Waals surface area (Å²) >= 11 is 0. The van der Waals surface area contributed by atoms with Gasteiger partial charge in [-0.2, -0.15) is 0 Å². The summed E-state index contributed by atoms with van der Waals surface area (Å²) in [6.07, 6.45) is 2.24. The summed E-state index contributed by atoms with van der Waals surface area (Å²) in [6.45, 7) is 3.97. The molecule has 1 aliphatic carbocycles. The van der Waals surface area contributed by atoms with E-state index < -0.39 is 5.97 Å². The largest absolute Gasteiger partial charge is 0.481 e. The summed E-state index contributed by atoms with van der Waals surface area (Å²) in [5.74, 6) is -1.11. The minimum Gasteiger partial charge on any atom is -0.481 e. The number of hydrogen-bond acceptors (Lipinski definition) is 2. The highest BCUT2D eigenvalue weighted by molar-refractivity contribution is 6.01. The predicted molar refractivity (Wildman–Crippen MR) is 53.0 cm³/mol. The molecule has 78 valence electrons. The maximum absolute atomic E-state index is 11.7. The Balaban J connectivity index is 2.76. The lowest BCUT2D eigenvalue weighted by Crippen LogP contribution is -2.14. The van der Waals surface area contributed by atoms with Gasteiger partial charge in [-0.3, -0.25) is 9.59 Å². The molecule has 0 aliphatic heterocycles. The first-order valence-electron chi connectivity index (χ1n) is 5.07. The zero-order valence-corrected chi connectivity index (χ0v) is 8.67. The molecular weight excluding hydrogens is 180 g/mol. The van der Waals surface area contributed by atoms with Gasteiger partial charge in [0.2, 0.25) is 0 Å². The third-order valence-electron chi connectivity index (χ3n) is 2.79. The topological polar surface area (TPSA) is 54.4 Å². The van der Waals surface area contributed by atoms with Crippen molar-refractivity contribution in [2.24, 2.45) is 5.92 Å². The van der Waals surface area contributed by atoms with E-state index in [4.69, 9.17) is 5.11 Å². The molecular formula is C11H16O3. The van der Waals surface area contributed by atoms with E-state index in [0.29, 0.717) is 6.42 Å². The van der Waals surface area contributed by atoms with Crippen LogP contribution in [0.1, 0.15) is 39.5 Å². The number of carboxylic acid groups (broad SMARTS) is 1. The molecule has 1 N–H and O–H groups in total. The Morgan fingerprint density at radius 1 is 1.43 bits per heavy atom. The number of aliphatic carboxylic acids is 1. The van der Waals surface area contributed by atoms with Gasteiger partial charge in [-0.05, 0) is 24.8 Å². The quantitative estimate of drug-likeness (QED) is 0.749. The average molecular weight is 196 g/mol. The Morgan fingerprint density at radius 3 is 2.43 bits per heavy atom. The van der Waals surface area contributed by atoms with Gasteiger partial charge in [-0.15, -0.1) is 0 Å². The van der Waals surface area contributed by atoms with Gasteiger partial charge in [0.05, 0.1) is 6.42 Å². The first-order valence-corrected chi connectivity index (χ1v) is 5.07. The molecule has 1 rings (SSSR count). The van der Waals surface area contributed by atoms with Crippen LogP contribution in [0.15, 0.2) is 11.1 Å². The highest BCUT2D eigenvalue weighted by Gasteiger charge is 2.32. The van der Waals surface area contributed by atoms with E-state index in [1.54, 1.807) is 0 Å². The van der Waals surface area contributed by atoms with Gasteiger partial charge in [0, 0.05) is 5.92 Å². The van der Waals surface area contributed by atoms with Crippen molar-refractivity contribution in [3.63, 3.8) is 0 Å². The van der Waals surface area contributed by atoms with Crippen LogP contribution in [0.3, 0.4) is 0 Å². The van der Waals surface area contributed by atoms with Gasteiger partial charge >= 0.3 is 5.97 Å². The summed E-state index contributed by atoms with van der Waals surface area (Å²) < 4.78 is 0. The summed E-state index contributed by atoms with van der Waals surface area (Å²) in [6, 6.07) is 0. The third kappa shape index (κ3) is 2.03. The second-order valence-corrected chi connectivity index (χ2v) is 3.65. The maximum Gasteiger partial charge on any atom is 0.304 e. The molecule has 0 radical (unpaired) electrons. The van der Waals surface area contributed by atoms with Gasteiger partial charge in [0.15, 0.2) is 5.78 Å². The van der Waals surface area contributed by atoms with Crippen LogP contribution >= 0.6 is 0 Å². The fourth-order valence-corrected chi connectivity index (χ4v) is 2.09. The summed E-state index contributed by atoms with van der Waals surface area (Å²) in [5.41, 5.74) is 2.03. The lowest BCUT2D eigenvalue weighted by atomic mass is 9.99. The van der Waals surface area contributed by atoms with Crippen molar-refractivity contribution >= 4 is 11.8 Å². The standard InChI is InChI=1S/C11H16O3/c1-3-7-5-8(6-10(12)13)11(14)9(7)4-2/h8H,3-6H2,1-2H3,(H,12,13). The van der Waals surface area contributed by atoms with E-state index in [1.165, 1.54) is 0 Å². The Morgan fingerprint density at radius 2 is 2.07 bits per heavy atom. The Kier molecular flexibility index (Phi) is 3.44. The smallest absolute Gasteiger partial charge is 0.304 e. The highest BCUT2D eigenvalue weighted by atomic mass is 16.4. The van der Waals surface area contributed by atoms with Crippen LogP contribution in [-0.4, -0.2) is 16.9 Å². The fourth-order valence-electron chi connectivity index (χ4n) is 2.09. The van der Waals surface area contributed by atoms with Gasteiger partial charge in [-0.25, -0.2) is 0 Å². The van der Waals surface area contributed by atoms with Crippen molar-refractivity contribution in [1.82, 2.24) is 0 Å². The summed E-state index contributed by atoms with van der Waals surface area (Å²) in [4.78, 5) is 22.2. The molecule has 3 heteroatoms. The monoisotopic (exact) mass is 196 g/mol. The molecule has 0 saturated carbocycles. The Bertz CT molecular complexity index is 289. The first-order chi connectivity index (χ1) is 6.60. The fraction of sp³-hybridized carbons (Fsp3) is 0.636. The van der Waals surface area contributed by atoms with Crippen LogP contribution in [0.2, 0.25) is 0 Å². The van der Waals surface area contributed by atoms with Crippen molar-refractivity contribution in [2.45, 2.75) is 39.5 Å². The number of rotatable bonds is 4. The number of allylic oxidation sites excluding steroid dienone is 2. The minimum atomic E-state index is -0.879. The molecule has 3 nitrogen and oxygen atoms in total. The minimum absolute atomic E-state index is 0.0220. The number of carbonyl (C=O) groups is 2. The number of Topliss-reactive ketones (excluding diaryl/α,β-unsaturated/α-hetero) is 1. The predicted octanol–water partition coefficient (Wildman–Crippen LogP) is 2.17. The van der Waals surface area contributed by atoms with Crippen molar-refractivity contribution in [3.8, 4) is 0 Å². The van der Waals surface area contributed by atoms with Crippen molar-refractivity contribution in [1.29, 1.82) is 0 Å². The van der Waals surface area contributed by atoms with E-state index in [1.807, 2.05) is 13.8 Å². The zero-order valence-electron chi connectivity index (χ0n) is 8.67. The van der Waals surface area contributed by atoms with Crippen LogP contribution in [0.4, 0.5) is 0 Å². The van der Waals surface area contributed by atoms with Crippen molar-refractivity contribution < 1.29 is 14.7 Å². The molecule has 0 saturated heterocycles. The van der Waals surface area contributed by atoms with E-state index in [9.17, 15) is 9.59 Å². The molecule has 1 unspecified atom stereocenters. The molecule has 0 aromatic heterocycles. The molecule has 0 heterocycles. The van der Waals surface area contributed by atoms with E-state index >= 15 is 0 Å². The van der Waals surface area contributed by atoms with Crippen molar-refractivity contribution in [2.75, 3.05) is 0 Å². The van der Waals surface area contributed by atoms with E-state index in [0.717, 1.165) is 24.0 Å². The van der Waals surface area contributed by atoms with Gasteiger partial charge in [0.25, 0.3) is 0 Å². The molecule has 0 amide bonds. The van der Waals surface area contributed by atoms with Crippen LogP contribution in [0.5, 0.6) is 0 Å². The molecule has 0 fully saturated rings. The molecule has 0 aromatic rings. The average Bonchev–Trinajstić information content (AvgIpc) is 2.42. The third-order valence-corrected chi connectivity index (χ3v) is 2.79. The summed E-state index contributed by atoms with van der Waals surface area (Å²) in [5, 5.41) is 8.64. The van der Waals surface area contributed by atoms with Crippen molar-refractivity contribution in [3.05, 3.63) is 11.1 Å². The number of carboxylic acids is 1. The zero-order chi connectivity index (χ0) is 10.7. The van der Waals surface area contributed by atoms with Gasteiger partial charge in [-0.1, -0.05) is 19.4 Å². The second-order valence-electron chi connectivity index (χ2n) is 3.65. The number of hydrogen-bond donors (Lipinski definition) is 1. The van der Waals surface area contributed by atoms with Crippen LogP contribution in [0, 0.1) is 5.92 Å². The molecule has 0 bridgehead atoms. The van der Waals surface area contributed by atoms with Gasteiger partial charge < -0.3 is 5.11 Å². The lowest BCUT2D eigenvalue weighted by molar-refractivity contribution is -0.139. The number of ketones is 1. The molecule has 1 atom stereocenters. The normalized spacial score (nSPS) is 21.9. The Labute approximate surface area is 83.8 Å². The van der Waals surface area contributed by atoms with Crippen LogP contribution in [0.25, 0.3) is 0 Å². The summed E-state index contributed by atoms with van der Waals surface area (Å²) in [7, 11) is 0. The van der Waals surface area contributed by atoms with Crippen LogP contribution < -0.4 is 0 Å². The van der Waals surface area contributed by atoms with Gasteiger partial charge in [0.1, 0.15) is 0 Å². The highest BCUT2D eigenvalue weighted by Crippen LogP contribution is 2.33. The van der Waals surface area contributed by atoms with Crippen LogP contribution in [-0.2, 0) is 9.59 Å². The van der Waals surface area contributed by atoms with E-state index in [-0.39, 0.29) is 18.1 Å². The lowest BCUT2D eigenvalue weighted by Gasteiger charge is -2.04. The number of carbonyl (C=O) groups excluding carboxylic acids is 1. The molecule has 1 aliphatic rings. The molecule has 0 spiro atoms. The second kappa shape index (κ2) is 4.40.